The number of esters is 1. The quantitative estimate of drug-likeness (QED) is 0.568. The van der Waals surface area contributed by atoms with Crippen LogP contribution in [0.4, 0.5) is 0 Å². The molecule has 0 aromatic rings. The molecule has 0 bridgehead atoms. The van der Waals surface area contributed by atoms with Crippen molar-refractivity contribution in [3.63, 3.8) is 0 Å². The molecule has 2 N–H and O–H groups in total. The van der Waals surface area contributed by atoms with E-state index in [-0.39, 0.29) is 24.5 Å². The Bertz CT molecular complexity index is 227. The van der Waals surface area contributed by atoms with Gasteiger partial charge in [-0.1, -0.05) is 0 Å². The summed E-state index contributed by atoms with van der Waals surface area (Å²) in [6.07, 6.45) is 0. The second-order valence-corrected chi connectivity index (χ2v) is 3.31. The van der Waals surface area contributed by atoms with Crippen LogP contribution in [-0.4, -0.2) is 42.0 Å². The fourth-order valence-corrected chi connectivity index (χ4v) is 1.25. The Kier molecular flexibility index (Phi) is 2.87. The summed E-state index contributed by atoms with van der Waals surface area (Å²) in [5.74, 6) is -0.537. The van der Waals surface area contributed by atoms with Crippen LogP contribution in [0.15, 0.2) is 0 Å². The highest BCUT2D eigenvalue weighted by molar-refractivity contribution is 5.90. The lowest BCUT2D eigenvalue weighted by Crippen LogP contribution is -2.53. The van der Waals surface area contributed by atoms with Gasteiger partial charge in [0.2, 0.25) is 0 Å². The second kappa shape index (κ2) is 3.74. The number of carbonyl (C=O) groups excluding carboxylic acids is 2. The number of hydrogen-bond donors (Lipinski definition) is 1. The maximum Gasteiger partial charge on any atom is 0.329 e. The zero-order valence-electron chi connectivity index (χ0n) is 7.82. The van der Waals surface area contributed by atoms with Gasteiger partial charge in [-0.3, -0.25) is 4.79 Å². The standard InChI is InChI=1S/C8H14N2O3/c1-5(9)3-10-6(2)8(12)13-4-7(10)11/h5-6H,3-4,9H2,1-2H3. The minimum atomic E-state index is -0.507. The van der Waals surface area contributed by atoms with E-state index < -0.39 is 6.04 Å². The normalized spacial score (nSPS) is 25.8. The number of nitrogens with two attached hydrogens (primary N) is 1. The lowest BCUT2D eigenvalue weighted by atomic mass is 10.2. The van der Waals surface area contributed by atoms with Gasteiger partial charge in [-0.2, -0.15) is 0 Å². The molecule has 13 heavy (non-hydrogen) atoms. The van der Waals surface area contributed by atoms with Crippen LogP contribution >= 0.6 is 0 Å². The molecule has 1 saturated heterocycles. The minimum absolute atomic E-state index is 0.128. The summed E-state index contributed by atoms with van der Waals surface area (Å²) in [5, 5.41) is 0. The molecule has 0 aromatic heterocycles. The van der Waals surface area contributed by atoms with Crippen molar-refractivity contribution in [2.75, 3.05) is 13.2 Å². The summed E-state index contributed by atoms with van der Waals surface area (Å²) in [4.78, 5) is 23.8. The van der Waals surface area contributed by atoms with Gasteiger partial charge < -0.3 is 15.4 Å². The van der Waals surface area contributed by atoms with E-state index >= 15 is 0 Å². The van der Waals surface area contributed by atoms with Crippen LogP contribution in [0, 0.1) is 0 Å². The lowest BCUT2D eigenvalue weighted by molar-refractivity contribution is -0.168. The first-order chi connectivity index (χ1) is 6.02. The summed E-state index contributed by atoms with van der Waals surface area (Å²) >= 11 is 0. The average molecular weight is 186 g/mol. The SMILES string of the molecule is CC(N)CN1C(=O)COC(=O)C1C. The Labute approximate surface area is 76.8 Å². The molecular weight excluding hydrogens is 172 g/mol. The highest BCUT2D eigenvalue weighted by Crippen LogP contribution is 2.08. The van der Waals surface area contributed by atoms with Gasteiger partial charge in [0.05, 0.1) is 0 Å². The molecule has 74 valence electrons. The van der Waals surface area contributed by atoms with Crippen molar-refractivity contribution in [3.8, 4) is 0 Å². The molecule has 0 spiro atoms. The molecule has 5 nitrogen and oxygen atoms in total. The molecular formula is C8H14N2O3. The van der Waals surface area contributed by atoms with E-state index in [1.165, 1.54) is 4.90 Å². The number of carbonyl (C=O) groups is 2. The van der Waals surface area contributed by atoms with Crippen molar-refractivity contribution in [1.82, 2.24) is 4.90 Å². The first-order valence-electron chi connectivity index (χ1n) is 4.24. The van der Waals surface area contributed by atoms with Crippen LogP contribution in [0.1, 0.15) is 13.8 Å². The molecule has 1 fully saturated rings. The third-order valence-corrected chi connectivity index (χ3v) is 1.95. The average Bonchev–Trinajstić information content (AvgIpc) is 2.05. The Morgan fingerprint density at radius 2 is 2.31 bits per heavy atom. The van der Waals surface area contributed by atoms with E-state index in [4.69, 9.17) is 5.73 Å². The largest absolute Gasteiger partial charge is 0.454 e. The van der Waals surface area contributed by atoms with Crippen LogP contribution < -0.4 is 5.73 Å². The Morgan fingerprint density at radius 1 is 1.69 bits per heavy atom. The van der Waals surface area contributed by atoms with Crippen LogP contribution in [0.3, 0.4) is 0 Å². The maximum absolute atomic E-state index is 11.3. The van der Waals surface area contributed by atoms with Crippen molar-refractivity contribution >= 4 is 11.9 Å². The van der Waals surface area contributed by atoms with Gasteiger partial charge in [0.25, 0.3) is 5.91 Å². The first kappa shape index (κ1) is 9.98. The number of rotatable bonds is 2. The third-order valence-electron chi connectivity index (χ3n) is 1.95. The highest BCUT2D eigenvalue weighted by Gasteiger charge is 2.32. The van der Waals surface area contributed by atoms with Crippen molar-refractivity contribution in [1.29, 1.82) is 0 Å². The zero-order chi connectivity index (χ0) is 10.0. The van der Waals surface area contributed by atoms with Gasteiger partial charge in [0.15, 0.2) is 6.61 Å². The summed E-state index contributed by atoms with van der Waals surface area (Å²) in [7, 11) is 0. The van der Waals surface area contributed by atoms with Gasteiger partial charge in [-0.05, 0) is 13.8 Å². The summed E-state index contributed by atoms with van der Waals surface area (Å²) in [6, 6.07) is -0.635. The molecule has 0 radical (unpaired) electrons. The molecule has 2 unspecified atom stereocenters. The van der Waals surface area contributed by atoms with Gasteiger partial charge in [0.1, 0.15) is 6.04 Å². The van der Waals surface area contributed by atoms with Crippen molar-refractivity contribution in [2.24, 2.45) is 5.73 Å². The zero-order valence-corrected chi connectivity index (χ0v) is 7.82. The van der Waals surface area contributed by atoms with Crippen LogP contribution in [-0.2, 0) is 14.3 Å². The molecule has 1 aliphatic heterocycles. The van der Waals surface area contributed by atoms with E-state index in [1.807, 2.05) is 0 Å². The first-order valence-corrected chi connectivity index (χ1v) is 4.24. The molecule has 1 amide bonds. The minimum Gasteiger partial charge on any atom is -0.454 e. The Balaban J connectivity index is 2.66. The highest BCUT2D eigenvalue weighted by atomic mass is 16.5. The van der Waals surface area contributed by atoms with Gasteiger partial charge >= 0.3 is 5.97 Å². The Morgan fingerprint density at radius 3 is 2.85 bits per heavy atom. The monoisotopic (exact) mass is 186 g/mol. The number of amides is 1. The van der Waals surface area contributed by atoms with Gasteiger partial charge in [-0.15, -0.1) is 0 Å². The number of nitrogens with zero attached hydrogens (tertiary/aromatic N) is 1. The number of hydrogen-bond acceptors (Lipinski definition) is 4. The topological polar surface area (TPSA) is 72.6 Å². The molecule has 0 saturated carbocycles. The fraction of sp³-hybridized carbons (Fsp3) is 0.750. The van der Waals surface area contributed by atoms with Crippen molar-refractivity contribution in [3.05, 3.63) is 0 Å². The fourth-order valence-electron chi connectivity index (χ4n) is 1.25. The smallest absolute Gasteiger partial charge is 0.329 e. The van der Waals surface area contributed by atoms with E-state index in [9.17, 15) is 9.59 Å². The molecule has 1 heterocycles. The molecule has 0 aliphatic carbocycles. The lowest BCUT2D eigenvalue weighted by Gasteiger charge is -2.32. The predicted molar refractivity (Wildman–Crippen MR) is 45.8 cm³/mol. The van der Waals surface area contributed by atoms with E-state index in [2.05, 4.69) is 4.74 Å². The van der Waals surface area contributed by atoms with Crippen LogP contribution in [0.2, 0.25) is 0 Å². The molecule has 1 rings (SSSR count). The van der Waals surface area contributed by atoms with Crippen LogP contribution in [0.5, 0.6) is 0 Å². The van der Waals surface area contributed by atoms with Crippen molar-refractivity contribution < 1.29 is 14.3 Å². The summed E-state index contributed by atoms with van der Waals surface area (Å²) in [6.45, 7) is 3.67. The number of morpholine rings is 1. The molecule has 1 aliphatic rings. The Hall–Kier alpha value is -1.10. The number of ether oxygens (including phenoxy) is 1. The second-order valence-electron chi connectivity index (χ2n) is 3.31. The predicted octanol–water partition coefficient (Wildman–Crippen LogP) is -0.892. The van der Waals surface area contributed by atoms with Gasteiger partial charge in [-0.25, -0.2) is 4.79 Å². The molecule has 2 atom stereocenters. The molecule has 0 aromatic carbocycles. The van der Waals surface area contributed by atoms with Crippen LogP contribution in [0.25, 0.3) is 0 Å². The van der Waals surface area contributed by atoms with Gasteiger partial charge in [0, 0.05) is 12.6 Å². The van der Waals surface area contributed by atoms with E-state index in [0.29, 0.717) is 6.54 Å². The van der Waals surface area contributed by atoms with E-state index in [0.717, 1.165) is 0 Å². The van der Waals surface area contributed by atoms with E-state index in [1.54, 1.807) is 13.8 Å². The summed E-state index contributed by atoms with van der Waals surface area (Å²) < 4.78 is 4.64. The third kappa shape index (κ3) is 2.18. The molecule has 5 heteroatoms. The number of cyclic esters (lactones) is 1. The van der Waals surface area contributed by atoms with Crippen molar-refractivity contribution in [2.45, 2.75) is 25.9 Å². The maximum atomic E-state index is 11.3. The summed E-state index contributed by atoms with van der Waals surface area (Å²) in [5.41, 5.74) is 5.55.